The molecule has 2 heteroatoms. The van der Waals surface area contributed by atoms with E-state index in [1.807, 2.05) is 0 Å². The summed E-state index contributed by atoms with van der Waals surface area (Å²) in [6, 6.07) is 41.3. The van der Waals surface area contributed by atoms with Crippen LogP contribution in [0, 0.1) is 0 Å². The van der Waals surface area contributed by atoms with Gasteiger partial charge in [-0.15, -0.1) is 0 Å². The Balaban J connectivity index is 1.40. The third-order valence-corrected chi connectivity index (χ3v) is 9.85. The van der Waals surface area contributed by atoms with Crippen LogP contribution in [0.4, 0.5) is 0 Å². The van der Waals surface area contributed by atoms with Crippen LogP contribution >= 0.6 is 0 Å². The molecule has 0 atom stereocenters. The Bertz CT molecular complexity index is 2590. The van der Waals surface area contributed by atoms with Gasteiger partial charge in [-0.05, 0) is 76.1 Å². The van der Waals surface area contributed by atoms with Crippen molar-refractivity contribution in [2.24, 2.45) is 0 Å². The summed E-state index contributed by atoms with van der Waals surface area (Å²) in [6.45, 7) is 0. The number of hydrogen-bond donors (Lipinski definition) is 0. The lowest BCUT2D eigenvalue weighted by molar-refractivity contribution is 1.25. The zero-order valence-corrected chi connectivity index (χ0v) is 21.7. The number of rotatable bonds is 0. The van der Waals surface area contributed by atoms with Crippen molar-refractivity contribution in [2.45, 2.75) is 12.8 Å². The Morgan fingerprint density at radius 2 is 1.02 bits per heavy atom. The van der Waals surface area contributed by atoms with Gasteiger partial charge in [0.1, 0.15) is 0 Å². The van der Waals surface area contributed by atoms with Crippen molar-refractivity contribution in [1.82, 2.24) is 8.80 Å². The van der Waals surface area contributed by atoms with E-state index < -0.39 is 0 Å². The normalized spacial score (nSPS) is 13.8. The molecule has 40 heavy (non-hydrogen) atoms. The monoisotopic (exact) mass is 506 g/mol. The molecular formula is C38H22N2. The molecule has 6 aromatic carbocycles. The fraction of sp³-hybridized carbons (Fsp3) is 0.0526. The molecule has 3 heterocycles. The first-order valence-corrected chi connectivity index (χ1v) is 14.2. The van der Waals surface area contributed by atoms with Gasteiger partial charge in [0.05, 0.1) is 33.1 Å². The molecule has 0 spiro atoms. The predicted molar refractivity (Wildman–Crippen MR) is 166 cm³/mol. The van der Waals surface area contributed by atoms with Gasteiger partial charge in [-0.3, -0.25) is 0 Å². The van der Waals surface area contributed by atoms with Crippen molar-refractivity contribution in [3.8, 4) is 22.3 Å². The first-order chi connectivity index (χ1) is 19.8. The van der Waals surface area contributed by atoms with Gasteiger partial charge in [0.15, 0.2) is 0 Å². The van der Waals surface area contributed by atoms with Gasteiger partial charge in [0.2, 0.25) is 0 Å². The largest absolute Gasteiger partial charge is 0.305 e. The molecule has 0 radical (unpaired) electrons. The molecule has 0 unspecified atom stereocenters. The summed E-state index contributed by atoms with van der Waals surface area (Å²) in [5.41, 5.74) is 19.1. The van der Waals surface area contributed by atoms with Crippen LogP contribution in [0.15, 0.2) is 109 Å². The maximum Gasteiger partial charge on any atom is 0.0783 e. The lowest BCUT2D eigenvalue weighted by Gasteiger charge is -2.13. The van der Waals surface area contributed by atoms with Crippen LogP contribution in [-0.4, -0.2) is 8.80 Å². The molecule has 184 valence electrons. The van der Waals surface area contributed by atoms with Crippen LogP contribution in [0.3, 0.4) is 0 Å². The zero-order chi connectivity index (χ0) is 25.7. The number of hydrogen-bond acceptors (Lipinski definition) is 0. The molecule has 0 amide bonds. The average Bonchev–Trinajstić information content (AvgIpc) is 3.73. The minimum atomic E-state index is 1.01. The second-order valence-electron chi connectivity index (χ2n) is 11.7. The second-order valence-corrected chi connectivity index (χ2v) is 11.7. The molecule has 0 N–H and O–H groups in total. The lowest BCUT2D eigenvalue weighted by atomic mass is 10.0. The summed E-state index contributed by atoms with van der Waals surface area (Å²) in [7, 11) is 0. The average molecular weight is 507 g/mol. The molecule has 3 aromatic heterocycles. The van der Waals surface area contributed by atoms with E-state index in [0.717, 1.165) is 12.8 Å². The van der Waals surface area contributed by atoms with Gasteiger partial charge in [0, 0.05) is 27.1 Å². The summed E-state index contributed by atoms with van der Waals surface area (Å²) < 4.78 is 5.14. The van der Waals surface area contributed by atoms with Gasteiger partial charge in [0.25, 0.3) is 0 Å². The molecule has 9 aromatic rings. The minimum absolute atomic E-state index is 1.01. The maximum atomic E-state index is 2.59. The van der Waals surface area contributed by atoms with Crippen molar-refractivity contribution in [3.63, 3.8) is 0 Å². The van der Waals surface area contributed by atoms with E-state index in [9.17, 15) is 0 Å². The van der Waals surface area contributed by atoms with Gasteiger partial charge >= 0.3 is 0 Å². The van der Waals surface area contributed by atoms with Crippen molar-refractivity contribution in [3.05, 3.63) is 131 Å². The highest BCUT2D eigenvalue weighted by Crippen LogP contribution is 2.48. The standard InChI is InChI=1S/C38H22N2/c1-3-9-25-21(7-1)18-24-19-31-28-12-6-14-33-36(28)39(34(31)20-30(24)25)32-13-5-11-27-29-16-15-23-17-22-8-2-4-10-26(22)35(23)38(29)40(33)37(27)32/h1-16,19-20H,17-18H2. The Morgan fingerprint density at radius 3 is 1.88 bits per heavy atom. The van der Waals surface area contributed by atoms with E-state index in [1.54, 1.807) is 0 Å². The van der Waals surface area contributed by atoms with Gasteiger partial charge in [-0.1, -0.05) is 84.9 Å². The highest BCUT2D eigenvalue weighted by molar-refractivity contribution is 6.24. The van der Waals surface area contributed by atoms with Crippen molar-refractivity contribution < 1.29 is 0 Å². The zero-order valence-electron chi connectivity index (χ0n) is 21.7. The van der Waals surface area contributed by atoms with Crippen LogP contribution in [0.25, 0.3) is 76.9 Å². The maximum absolute atomic E-state index is 2.59. The molecule has 0 saturated heterocycles. The number of para-hydroxylation sites is 2. The quantitative estimate of drug-likeness (QED) is 0.181. The molecule has 2 aliphatic rings. The number of aromatic nitrogens is 2. The summed E-state index contributed by atoms with van der Waals surface area (Å²) in [5.74, 6) is 0. The van der Waals surface area contributed by atoms with E-state index in [0.29, 0.717) is 0 Å². The molecule has 0 aliphatic heterocycles. The molecule has 11 rings (SSSR count). The number of benzene rings is 6. The first kappa shape index (κ1) is 19.9. The molecule has 0 saturated carbocycles. The lowest BCUT2D eigenvalue weighted by Crippen LogP contribution is -1.97. The van der Waals surface area contributed by atoms with Gasteiger partial charge < -0.3 is 8.80 Å². The summed E-state index contributed by atoms with van der Waals surface area (Å²) >= 11 is 0. The molecule has 2 aliphatic carbocycles. The summed E-state index contributed by atoms with van der Waals surface area (Å²) in [5, 5.41) is 5.36. The Hall–Kier alpha value is -5.08. The Kier molecular flexibility index (Phi) is 3.26. The van der Waals surface area contributed by atoms with Crippen LogP contribution in [-0.2, 0) is 12.8 Å². The van der Waals surface area contributed by atoms with E-state index in [-0.39, 0.29) is 0 Å². The van der Waals surface area contributed by atoms with Crippen LogP contribution in [0.5, 0.6) is 0 Å². The smallest absolute Gasteiger partial charge is 0.0783 e. The summed E-state index contributed by atoms with van der Waals surface area (Å²) in [4.78, 5) is 0. The molecule has 0 bridgehead atoms. The van der Waals surface area contributed by atoms with E-state index in [1.165, 1.54) is 99.2 Å². The van der Waals surface area contributed by atoms with Crippen LogP contribution in [0.1, 0.15) is 22.3 Å². The number of fused-ring (bicyclic) bond motifs is 15. The van der Waals surface area contributed by atoms with Crippen molar-refractivity contribution in [1.29, 1.82) is 0 Å². The Labute approximate surface area is 229 Å². The van der Waals surface area contributed by atoms with E-state index in [2.05, 4.69) is 118 Å². The highest BCUT2D eigenvalue weighted by Gasteiger charge is 2.27. The van der Waals surface area contributed by atoms with Crippen LogP contribution in [0.2, 0.25) is 0 Å². The fourth-order valence-electron chi connectivity index (χ4n) is 8.28. The van der Waals surface area contributed by atoms with Crippen molar-refractivity contribution in [2.75, 3.05) is 0 Å². The van der Waals surface area contributed by atoms with Gasteiger partial charge in [-0.25, -0.2) is 0 Å². The third kappa shape index (κ3) is 2.12. The van der Waals surface area contributed by atoms with Crippen LogP contribution < -0.4 is 0 Å². The SMILES string of the molecule is c1ccc2c(c1)Cc1cc3c4cccc5c4n(c3cc1-2)c1cccc2c3ccc4c(c3n5c21)-c1ccccc1C4. The molecular weight excluding hydrogens is 484 g/mol. The highest BCUT2D eigenvalue weighted by atomic mass is 15.0. The molecule has 0 fully saturated rings. The predicted octanol–water partition coefficient (Wildman–Crippen LogP) is 9.38. The fourth-order valence-corrected chi connectivity index (χ4v) is 8.28. The van der Waals surface area contributed by atoms with E-state index in [4.69, 9.17) is 0 Å². The Morgan fingerprint density at radius 1 is 0.375 bits per heavy atom. The third-order valence-electron chi connectivity index (χ3n) is 9.85. The molecule has 2 nitrogen and oxygen atoms in total. The first-order valence-electron chi connectivity index (χ1n) is 14.2. The minimum Gasteiger partial charge on any atom is -0.305 e. The second kappa shape index (κ2) is 6.55. The van der Waals surface area contributed by atoms with E-state index >= 15 is 0 Å². The number of nitrogens with zero attached hydrogens (tertiary/aromatic N) is 2. The van der Waals surface area contributed by atoms with Gasteiger partial charge in [-0.2, -0.15) is 0 Å². The summed E-state index contributed by atoms with van der Waals surface area (Å²) in [6.07, 6.45) is 2.02. The topological polar surface area (TPSA) is 8.82 Å². The van der Waals surface area contributed by atoms with Crippen molar-refractivity contribution >= 4 is 54.6 Å².